The van der Waals surface area contributed by atoms with Crippen molar-refractivity contribution in [3.05, 3.63) is 90.0 Å². The van der Waals surface area contributed by atoms with Crippen LogP contribution in [-0.4, -0.2) is 4.98 Å². The molecule has 0 aliphatic carbocycles. The summed E-state index contributed by atoms with van der Waals surface area (Å²) in [7, 11) is 0. The molecule has 262 valence electrons. The summed E-state index contributed by atoms with van der Waals surface area (Å²) in [5.41, 5.74) is 2.90. The number of unbranched alkanes of at least 4 members (excludes halogenated alkanes) is 20. The summed E-state index contributed by atoms with van der Waals surface area (Å²) < 4.78 is 2.58. The van der Waals surface area contributed by atoms with Crippen LogP contribution in [0.3, 0.4) is 0 Å². The van der Waals surface area contributed by atoms with Gasteiger partial charge in [-0.2, -0.15) is 0 Å². The maximum atomic E-state index is 3.79. The standard InChI is InChI=1S/C45H72N2/c1-4-6-8-10-11-12-13-14-15-16-17-18-19-20-21-23-31-38-47-39-37-46-44(47)43(36-30-22-9-7-5-2)45(3,42-34-28-25-29-35-42)40-41-32-26-24-27-33-41/h24-29,32-35,37,39,43H,4-23,30-31,36,38,40H2,1-3H3/p+1. The lowest BCUT2D eigenvalue weighted by Gasteiger charge is -2.37. The summed E-state index contributed by atoms with van der Waals surface area (Å²) >= 11 is 0. The van der Waals surface area contributed by atoms with Gasteiger partial charge in [0.05, 0.1) is 12.5 Å². The highest BCUT2D eigenvalue weighted by Gasteiger charge is 2.41. The first-order chi connectivity index (χ1) is 23.2. The number of imidazole rings is 1. The Kier molecular flexibility index (Phi) is 20.6. The first-order valence-corrected chi connectivity index (χ1v) is 20.3. The third-order valence-electron chi connectivity index (χ3n) is 10.8. The average molecular weight is 642 g/mol. The molecule has 0 saturated carbocycles. The van der Waals surface area contributed by atoms with Crippen LogP contribution in [0.4, 0.5) is 0 Å². The molecule has 0 aliphatic rings. The summed E-state index contributed by atoms with van der Waals surface area (Å²) in [6.07, 6.45) is 37.6. The Hall–Kier alpha value is -2.35. The van der Waals surface area contributed by atoms with Crippen molar-refractivity contribution >= 4 is 0 Å². The number of benzene rings is 2. The summed E-state index contributed by atoms with van der Waals surface area (Å²) in [5, 5.41) is 0. The minimum absolute atomic E-state index is 0.00815. The van der Waals surface area contributed by atoms with Gasteiger partial charge in [0.15, 0.2) is 0 Å². The second-order valence-electron chi connectivity index (χ2n) is 14.9. The number of H-pyrrole nitrogens is 1. The molecule has 1 aromatic heterocycles. The zero-order valence-corrected chi connectivity index (χ0v) is 31.1. The molecule has 1 heterocycles. The highest BCUT2D eigenvalue weighted by molar-refractivity contribution is 5.32. The van der Waals surface area contributed by atoms with Gasteiger partial charge >= 0.3 is 0 Å². The fourth-order valence-corrected chi connectivity index (χ4v) is 7.85. The number of hydrogen-bond acceptors (Lipinski definition) is 0. The number of aryl methyl sites for hydroxylation is 1. The van der Waals surface area contributed by atoms with Gasteiger partial charge in [-0.15, -0.1) is 0 Å². The van der Waals surface area contributed by atoms with Crippen LogP contribution >= 0.6 is 0 Å². The lowest BCUT2D eigenvalue weighted by Crippen LogP contribution is -2.43. The van der Waals surface area contributed by atoms with Crippen molar-refractivity contribution < 1.29 is 4.57 Å². The van der Waals surface area contributed by atoms with E-state index in [1.54, 1.807) is 0 Å². The normalized spacial score (nSPS) is 13.5. The van der Waals surface area contributed by atoms with Gasteiger partial charge in [0.25, 0.3) is 5.82 Å². The number of hydrogen-bond donors (Lipinski definition) is 1. The van der Waals surface area contributed by atoms with Crippen molar-refractivity contribution in [2.45, 2.75) is 193 Å². The molecule has 0 fully saturated rings. The average Bonchev–Trinajstić information content (AvgIpc) is 3.56. The van der Waals surface area contributed by atoms with E-state index in [4.69, 9.17) is 0 Å². The second-order valence-corrected chi connectivity index (χ2v) is 14.9. The van der Waals surface area contributed by atoms with Gasteiger partial charge in [0, 0.05) is 5.41 Å². The molecule has 47 heavy (non-hydrogen) atoms. The van der Waals surface area contributed by atoms with Crippen LogP contribution in [0.25, 0.3) is 0 Å². The van der Waals surface area contributed by atoms with Crippen LogP contribution in [0.15, 0.2) is 73.1 Å². The maximum absolute atomic E-state index is 3.79. The molecule has 0 spiro atoms. The molecule has 1 N–H and O–H groups in total. The van der Waals surface area contributed by atoms with E-state index in [-0.39, 0.29) is 5.41 Å². The molecule has 0 saturated heterocycles. The molecule has 0 radical (unpaired) electrons. The fraction of sp³-hybridized carbons (Fsp3) is 0.667. The third-order valence-corrected chi connectivity index (χ3v) is 10.8. The number of aromatic amines is 1. The topological polar surface area (TPSA) is 19.7 Å². The van der Waals surface area contributed by atoms with Crippen LogP contribution < -0.4 is 4.57 Å². The molecule has 0 amide bonds. The van der Waals surface area contributed by atoms with Crippen molar-refractivity contribution in [1.29, 1.82) is 0 Å². The Balaban J connectivity index is 1.47. The summed E-state index contributed by atoms with van der Waals surface area (Å²) in [4.78, 5) is 3.79. The first-order valence-electron chi connectivity index (χ1n) is 20.3. The summed E-state index contributed by atoms with van der Waals surface area (Å²) in [6.45, 7) is 8.28. The summed E-state index contributed by atoms with van der Waals surface area (Å²) in [6, 6.07) is 22.6. The second kappa shape index (κ2) is 24.7. The van der Waals surface area contributed by atoms with Gasteiger partial charge in [-0.1, -0.05) is 210 Å². The van der Waals surface area contributed by atoms with E-state index in [1.165, 1.54) is 165 Å². The Morgan fingerprint density at radius 2 is 1.00 bits per heavy atom. The Bertz CT molecular complexity index is 1120. The van der Waals surface area contributed by atoms with E-state index in [0.29, 0.717) is 5.92 Å². The van der Waals surface area contributed by atoms with Crippen LogP contribution in [0.5, 0.6) is 0 Å². The highest BCUT2D eigenvalue weighted by Crippen LogP contribution is 2.43. The molecule has 2 unspecified atom stereocenters. The van der Waals surface area contributed by atoms with E-state index >= 15 is 0 Å². The smallest absolute Gasteiger partial charge is 0.247 e. The quantitative estimate of drug-likeness (QED) is 0.0575. The molecule has 0 aliphatic heterocycles. The number of rotatable bonds is 29. The largest absolute Gasteiger partial charge is 0.258 e. The zero-order chi connectivity index (χ0) is 33.3. The number of aromatic nitrogens is 2. The van der Waals surface area contributed by atoms with E-state index < -0.39 is 0 Å². The van der Waals surface area contributed by atoms with Gasteiger partial charge < -0.3 is 0 Å². The van der Waals surface area contributed by atoms with Crippen molar-refractivity contribution in [3.63, 3.8) is 0 Å². The molecular formula is C45H73N2+. The van der Waals surface area contributed by atoms with E-state index in [0.717, 1.165) is 13.0 Å². The Morgan fingerprint density at radius 3 is 1.51 bits per heavy atom. The molecule has 2 nitrogen and oxygen atoms in total. The molecule has 0 bridgehead atoms. The molecular weight excluding hydrogens is 569 g/mol. The monoisotopic (exact) mass is 642 g/mol. The molecule has 2 aromatic carbocycles. The Morgan fingerprint density at radius 1 is 0.553 bits per heavy atom. The minimum atomic E-state index is 0.00815. The summed E-state index contributed by atoms with van der Waals surface area (Å²) in [5.74, 6) is 1.87. The first kappa shape index (κ1) is 39.1. The molecule has 3 aromatic rings. The van der Waals surface area contributed by atoms with Gasteiger partial charge in [-0.3, -0.25) is 0 Å². The minimum Gasteiger partial charge on any atom is -0.247 e. The van der Waals surface area contributed by atoms with E-state index in [2.05, 4.69) is 103 Å². The van der Waals surface area contributed by atoms with E-state index in [9.17, 15) is 0 Å². The molecule has 2 heteroatoms. The predicted octanol–water partition coefficient (Wildman–Crippen LogP) is 13.6. The van der Waals surface area contributed by atoms with Gasteiger partial charge in [0.1, 0.15) is 12.4 Å². The highest BCUT2D eigenvalue weighted by atomic mass is 15.1. The maximum Gasteiger partial charge on any atom is 0.258 e. The predicted molar refractivity (Wildman–Crippen MR) is 205 cm³/mol. The lowest BCUT2D eigenvalue weighted by atomic mass is 9.66. The number of nitrogens with zero attached hydrogens (tertiary/aromatic N) is 1. The lowest BCUT2D eigenvalue weighted by molar-refractivity contribution is -0.705. The zero-order valence-electron chi connectivity index (χ0n) is 31.1. The van der Waals surface area contributed by atoms with Gasteiger partial charge in [0.2, 0.25) is 0 Å². The van der Waals surface area contributed by atoms with Crippen molar-refractivity contribution in [2.75, 3.05) is 0 Å². The van der Waals surface area contributed by atoms with Crippen molar-refractivity contribution in [2.24, 2.45) is 0 Å². The van der Waals surface area contributed by atoms with Crippen LogP contribution in [0.2, 0.25) is 0 Å². The van der Waals surface area contributed by atoms with E-state index in [1.807, 2.05) is 0 Å². The van der Waals surface area contributed by atoms with Gasteiger partial charge in [-0.25, -0.2) is 9.55 Å². The third kappa shape index (κ3) is 15.2. The Labute approximate surface area is 291 Å². The number of nitrogens with one attached hydrogen (secondary N) is 1. The molecule has 3 rings (SSSR count). The molecule has 2 atom stereocenters. The van der Waals surface area contributed by atoms with Gasteiger partial charge in [-0.05, 0) is 36.8 Å². The van der Waals surface area contributed by atoms with Crippen LogP contribution in [-0.2, 0) is 18.4 Å². The van der Waals surface area contributed by atoms with Crippen LogP contribution in [0.1, 0.15) is 191 Å². The van der Waals surface area contributed by atoms with Crippen LogP contribution in [0, 0.1) is 0 Å². The van der Waals surface area contributed by atoms with Crippen molar-refractivity contribution in [1.82, 2.24) is 4.98 Å². The van der Waals surface area contributed by atoms with Crippen molar-refractivity contribution in [3.8, 4) is 0 Å². The fourth-order valence-electron chi connectivity index (χ4n) is 7.85. The SMILES string of the molecule is CCCCCCCCCCCCCCCCCCC[n+]1cc[nH]c1C(CCCCCCC)C(C)(Cc1ccccc1)c1ccccc1.